The fraction of sp³-hybridized carbons (Fsp3) is 0.560. The normalized spacial score (nSPS) is 19.8. The minimum absolute atomic E-state index is 0.0715. The molecule has 2 saturated heterocycles. The summed E-state index contributed by atoms with van der Waals surface area (Å²) in [6.07, 6.45) is 4.71. The highest BCUT2D eigenvalue weighted by Gasteiger charge is 2.50. The molecule has 1 aromatic heterocycles. The number of likely N-dealkylation sites (tertiary alicyclic amines) is 1. The van der Waals surface area contributed by atoms with E-state index in [4.69, 9.17) is 9.47 Å². The van der Waals surface area contributed by atoms with E-state index in [-0.39, 0.29) is 23.7 Å². The van der Waals surface area contributed by atoms with Crippen LogP contribution in [-0.4, -0.2) is 63.6 Å². The summed E-state index contributed by atoms with van der Waals surface area (Å²) in [6, 6.07) is 10.1. The monoisotopic (exact) mass is 454 g/mol. The number of carbonyl (C=O) groups excluding carboxylic acids is 2. The molecule has 0 aliphatic carbocycles. The van der Waals surface area contributed by atoms with Crippen molar-refractivity contribution < 1.29 is 19.1 Å². The Labute approximate surface area is 195 Å². The summed E-state index contributed by atoms with van der Waals surface area (Å²) in [6.45, 7) is 7.11. The standard InChI is InChI=1S/C25H34N4O4/c1-24(2,3)33-23(31)29-16-25(17-29)12-8-11-19(32-25)14-26-22(30)20-15-27-28(4)21(20)13-18-9-6-5-7-10-18/h5-7,9-10,15,19H,8,11-14,16-17H2,1-4H3,(H,26,30). The number of nitrogens with one attached hydrogen (secondary N) is 1. The Morgan fingerprint density at radius 2 is 1.97 bits per heavy atom. The molecule has 33 heavy (non-hydrogen) atoms. The lowest BCUT2D eigenvalue weighted by molar-refractivity contribution is -0.191. The molecule has 0 bridgehead atoms. The summed E-state index contributed by atoms with van der Waals surface area (Å²) in [4.78, 5) is 26.9. The third-order valence-electron chi connectivity index (χ3n) is 6.20. The van der Waals surface area contributed by atoms with Gasteiger partial charge in [0.2, 0.25) is 0 Å². The molecule has 1 unspecified atom stereocenters. The number of nitrogens with zero attached hydrogens (tertiary/aromatic N) is 3. The summed E-state index contributed by atoms with van der Waals surface area (Å²) in [7, 11) is 1.86. The number of benzene rings is 1. The average molecular weight is 455 g/mol. The van der Waals surface area contributed by atoms with Gasteiger partial charge in [-0.3, -0.25) is 9.48 Å². The molecule has 178 valence electrons. The van der Waals surface area contributed by atoms with Gasteiger partial charge in [0, 0.05) is 20.0 Å². The van der Waals surface area contributed by atoms with Crippen molar-refractivity contribution in [3.05, 3.63) is 53.3 Å². The Morgan fingerprint density at radius 1 is 1.24 bits per heavy atom. The first-order valence-corrected chi connectivity index (χ1v) is 11.6. The lowest BCUT2D eigenvalue weighted by atomic mass is 9.85. The van der Waals surface area contributed by atoms with Crippen LogP contribution in [0.5, 0.6) is 0 Å². The van der Waals surface area contributed by atoms with E-state index >= 15 is 0 Å². The Bertz CT molecular complexity index is 990. The smallest absolute Gasteiger partial charge is 0.410 e. The Hall–Kier alpha value is -2.87. The largest absolute Gasteiger partial charge is 0.444 e. The van der Waals surface area contributed by atoms with Gasteiger partial charge < -0.3 is 19.7 Å². The van der Waals surface area contributed by atoms with Gasteiger partial charge in [0.25, 0.3) is 5.91 Å². The highest BCUT2D eigenvalue weighted by Crippen LogP contribution is 2.37. The van der Waals surface area contributed by atoms with Gasteiger partial charge in [-0.25, -0.2) is 4.79 Å². The third-order valence-corrected chi connectivity index (χ3v) is 6.20. The molecular weight excluding hydrogens is 420 g/mol. The van der Waals surface area contributed by atoms with E-state index in [1.165, 1.54) is 0 Å². The van der Waals surface area contributed by atoms with Crippen molar-refractivity contribution in [1.29, 1.82) is 0 Å². The number of aromatic nitrogens is 2. The maximum Gasteiger partial charge on any atom is 0.410 e. The zero-order chi connectivity index (χ0) is 23.6. The van der Waals surface area contributed by atoms with Crippen LogP contribution >= 0.6 is 0 Å². The Kier molecular flexibility index (Phi) is 6.47. The molecule has 1 N–H and O–H groups in total. The number of carbonyl (C=O) groups is 2. The van der Waals surface area contributed by atoms with Crippen LogP contribution in [0.25, 0.3) is 0 Å². The number of amides is 2. The van der Waals surface area contributed by atoms with E-state index in [1.54, 1.807) is 15.8 Å². The Morgan fingerprint density at radius 3 is 2.67 bits per heavy atom. The van der Waals surface area contributed by atoms with Gasteiger partial charge in [-0.1, -0.05) is 30.3 Å². The first kappa shape index (κ1) is 23.3. The number of ether oxygens (including phenoxy) is 2. The summed E-state index contributed by atoms with van der Waals surface area (Å²) < 4.78 is 13.6. The molecule has 1 aromatic carbocycles. The molecule has 8 heteroatoms. The van der Waals surface area contributed by atoms with Crippen LogP contribution in [0.3, 0.4) is 0 Å². The highest BCUT2D eigenvalue weighted by molar-refractivity contribution is 5.95. The molecule has 3 heterocycles. The minimum atomic E-state index is -0.508. The van der Waals surface area contributed by atoms with E-state index in [9.17, 15) is 9.59 Å². The van der Waals surface area contributed by atoms with Crippen LogP contribution in [0.1, 0.15) is 61.6 Å². The van der Waals surface area contributed by atoms with Gasteiger partial charge in [-0.05, 0) is 45.6 Å². The van der Waals surface area contributed by atoms with E-state index in [2.05, 4.69) is 10.4 Å². The second-order valence-corrected chi connectivity index (χ2v) is 10.2. The van der Waals surface area contributed by atoms with E-state index < -0.39 is 5.60 Å². The van der Waals surface area contributed by atoms with E-state index in [0.717, 1.165) is 30.5 Å². The minimum Gasteiger partial charge on any atom is -0.444 e. The number of aryl methyl sites for hydroxylation is 1. The first-order valence-electron chi connectivity index (χ1n) is 11.6. The molecule has 2 aliphatic rings. The summed E-state index contributed by atoms with van der Waals surface area (Å²) in [5.74, 6) is -0.138. The lowest BCUT2D eigenvalue weighted by Gasteiger charge is -2.53. The van der Waals surface area contributed by atoms with Crippen LogP contribution in [0.2, 0.25) is 0 Å². The molecule has 2 aliphatic heterocycles. The maximum absolute atomic E-state index is 12.9. The molecule has 4 rings (SSSR count). The van der Waals surface area contributed by atoms with Crippen molar-refractivity contribution in [3.8, 4) is 0 Å². The molecule has 0 saturated carbocycles. The zero-order valence-electron chi connectivity index (χ0n) is 20.0. The fourth-order valence-electron chi connectivity index (χ4n) is 4.56. The van der Waals surface area contributed by atoms with Crippen molar-refractivity contribution in [2.75, 3.05) is 19.6 Å². The molecule has 8 nitrogen and oxygen atoms in total. The topological polar surface area (TPSA) is 85.7 Å². The molecule has 2 aromatic rings. The van der Waals surface area contributed by atoms with Crippen molar-refractivity contribution in [1.82, 2.24) is 20.0 Å². The van der Waals surface area contributed by atoms with Crippen LogP contribution in [-0.2, 0) is 22.9 Å². The van der Waals surface area contributed by atoms with Crippen LogP contribution in [0, 0.1) is 0 Å². The van der Waals surface area contributed by atoms with Gasteiger partial charge >= 0.3 is 6.09 Å². The molecule has 1 spiro atoms. The SMILES string of the molecule is Cn1ncc(C(=O)NCC2CCCC3(CN(C(=O)OC(C)(C)C)C3)O2)c1Cc1ccccc1. The summed E-state index contributed by atoms with van der Waals surface area (Å²) in [5.41, 5.74) is 1.77. The summed E-state index contributed by atoms with van der Waals surface area (Å²) >= 11 is 0. The molecule has 0 radical (unpaired) electrons. The van der Waals surface area contributed by atoms with E-state index in [0.29, 0.717) is 31.6 Å². The zero-order valence-corrected chi connectivity index (χ0v) is 20.0. The second-order valence-electron chi connectivity index (χ2n) is 10.2. The Balaban J connectivity index is 1.30. The molecule has 1 atom stereocenters. The van der Waals surface area contributed by atoms with Crippen molar-refractivity contribution in [2.24, 2.45) is 7.05 Å². The predicted molar refractivity (Wildman–Crippen MR) is 124 cm³/mol. The van der Waals surface area contributed by atoms with E-state index in [1.807, 2.05) is 58.2 Å². The number of hydrogen-bond donors (Lipinski definition) is 1. The van der Waals surface area contributed by atoms with Gasteiger partial charge in [0.05, 0.1) is 36.6 Å². The van der Waals surface area contributed by atoms with Crippen molar-refractivity contribution in [2.45, 2.75) is 63.8 Å². The first-order chi connectivity index (χ1) is 15.6. The average Bonchev–Trinajstić information content (AvgIpc) is 3.10. The van der Waals surface area contributed by atoms with Gasteiger partial charge in [-0.2, -0.15) is 5.10 Å². The molecule has 2 fully saturated rings. The number of hydrogen-bond acceptors (Lipinski definition) is 5. The van der Waals surface area contributed by atoms with Gasteiger partial charge in [-0.15, -0.1) is 0 Å². The van der Waals surface area contributed by atoms with Crippen molar-refractivity contribution in [3.63, 3.8) is 0 Å². The summed E-state index contributed by atoms with van der Waals surface area (Å²) in [5, 5.41) is 7.34. The fourth-order valence-corrected chi connectivity index (χ4v) is 4.56. The number of rotatable bonds is 5. The van der Waals surface area contributed by atoms with Crippen LogP contribution in [0.15, 0.2) is 36.5 Å². The van der Waals surface area contributed by atoms with Crippen LogP contribution in [0.4, 0.5) is 4.79 Å². The van der Waals surface area contributed by atoms with Gasteiger partial charge in [0.1, 0.15) is 11.2 Å². The molecular formula is C25H34N4O4. The third kappa shape index (κ3) is 5.55. The predicted octanol–water partition coefficient (Wildman–Crippen LogP) is 3.30. The van der Waals surface area contributed by atoms with Gasteiger partial charge in [0.15, 0.2) is 0 Å². The second kappa shape index (κ2) is 9.17. The lowest BCUT2D eigenvalue weighted by Crippen LogP contribution is -2.67. The maximum atomic E-state index is 12.9. The quantitative estimate of drug-likeness (QED) is 0.749. The van der Waals surface area contributed by atoms with Crippen molar-refractivity contribution >= 4 is 12.0 Å². The molecule has 2 amide bonds. The van der Waals surface area contributed by atoms with Crippen LogP contribution < -0.4 is 5.32 Å². The highest BCUT2D eigenvalue weighted by atomic mass is 16.6.